The molecule has 0 amide bonds. The molecule has 7 nitrogen and oxygen atoms in total. The van der Waals surface area contributed by atoms with Gasteiger partial charge < -0.3 is 0 Å². The molecule has 0 aliphatic heterocycles. The molecule has 0 fully saturated rings. The number of non-ortho nitro benzene ring substituents is 1. The fourth-order valence-corrected chi connectivity index (χ4v) is 2.64. The van der Waals surface area contributed by atoms with Crippen molar-refractivity contribution in [3.8, 4) is 0 Å². The minimum Gasteiger partial charge on any atom is -0.258 e. The molecule has 0 aromatic heterocycles. The number of nitrogens with one attached hydrogen (secondary N) is 1. The van der Waals surface area contributed by atoms with Gasteiger partial charge in [-0.3, -0.25) is 10.1 Å². The zero-order chi connectivity index (χ0) is 17.0. The molecule has 23 heavy (non-hydrogen) atoms. The molecule has 2 aromatic carbocycles. The first-order valence-corrected chi connectivity index (χ1v) is 8.15. The Bertz CT molecular complexity index is 841. The highest BCUT2D eigenvalue weighted by molar-refractivity contribution is 7.89. The van der Waals surface area contributed by atoms with E-state index in [0.29, 0.717) is 11.3 Å². The SMILES string of the molecule is C/C(=N\NS(=O)(=O)c1ccc(C)cc1)c1ccc([N+](=O)[O-])cc1. The smallest absolute Gasteiger partial charge is 0.258 e. The largest absolute Gasteiger partial charge is 0.276 e. The number of rotatable bonds is 5. The Morgan fingerprint density at radius 3 is 2.17 bits per heavy atom. The number of hydrogen-bond donors (Lipinski definition) is 1. The summed E-state index contributed by atoms with van der Waals surface area (Å²) in [6.45, 7) is 3.47. The maximum atomic E-state index is 12.1. The van der Waals surface area contributed by atoms with Crippen LogP contribution in [0, 0.1) is 17.0 Å². The topological polar surface area (TPSA) is 102 Å². The van der Waals surface area contributed by atoms with Crippen LogP contribution in [-0.4, -0.2) is 19.1 Å². The van der Waals surface area contributed by atoms with Gasteiger partial charge in [0.15, 0.2) is 0 Å². The Hall–Kier alpha value is -2.74. The number of aryl methyl sites for hydroxylation is 1. The average molecular weight is 333 g/mol. The van der Waals surface area contributed by atoms with Gasteiger partial charge in [-0.05, 0) is 43.7 Å². The van der Waals surface area contributed by atoms with E-state index in [1.54, 1.807) is 19.1 Å². The molecule has 2 rings (SSSR count). The lowest BCUT2D eigenvalue weighted by Gasteiger charge is -2.05. The van der Waals surface area contributed by atoms with E-state index < -0.39 is 14.9 Å². The molecule has 0 heterocycles. The van der Waals surface area contributed by atoms with Crippen molar-refractivity contribution >= 4 is 21.4 Å². The molecule has 0 bridgehead atoms. The highest BCUT2D eigenvalue weighted by atomic mass is 32.2. The molecule has 1 N–H and O–H groups in total. The Kier molecular flexibility index (Phi) is 4.75. The lowest BCUT2D eigenvalue weighted by atomic mass is 10.1. The first-order chi connectivity index (χ1) is 10.8. The minimum atomic E-state index is -3.75. The molecule has 0 spiro atoms. The van der Waals surface area contributed by atoms with Crippen LogP contribution < -0.4 is 4.83 Å². The predicted molar refractivity (Wildman–Crippen MR) is 86.8 cm³/mol. The molecule has 0 radical (unpaired) electrons. The van der Waals surface area contributed by atoms with Gasteiger partial charge in [0.2, 0.25) is 0 Å². The van der Waals surface area contributed by atoms with Gasteiger partial charge in [-0.15, -0.1) is 0 Å². The maximum absolute atomic E-state index is 12.1. The van der Waals surface area contributed by atoms with Crippen molar-refractivity contribution in [2.45, 2.75) is 18.7 Å². The molecule has 0 saturated carbocycles. The van der Waals surface area contributed by atoms with Crippen LogP contribution in [-0.2, 0) is 10.0 Å². The van der Waals surface area contributed by atoms with E-state index >= 15 is 0 Å². The standard InChI is InChI=1S/C15H15N3O4S/c1-11-3-9-15(10-4-11)23(21,22)17-16-12(2)13-5-7-14(8-6-13)18(19)20/h3-10,17H,1-2H3/b16-12+. The van der Waals surface area contributed by atoms with Crippen LogP contribution in [0.1, 0.15) is 18.1 Å². The molecule has 0 aliphatic carbocycles. The second-order valence-corrected chi connectivity index (χ2v) is 6.57. The minimum absolute atomic E-state index is 0.0400. The molecule has 0 unspecified atom stereocenters. The maximum Gasteiger partial charge on any atom is 0.276 e. The summed E-state index contributed by atoms with van der Waals surface area (Å²) < 4.78 is 24.2. The fraction of sp³-hybridized carbons (Fsp3) is 0.133. The highest BCUT2D eigenvalue weighted by Gasteiger charge is 2.13. The van der Waals surface area contributed by atoms with E-state index in [9.17, 15) is 18.5 Å². The summed E-state index contributed by atoms with van der Waals surface area (Å²) in [4.78, 5) is 12.4. The molecule has 8 heteroatoms. The van der Waals surface area contributed by atoms with Crippen molar-refractivity contribution in [1.29, 1.82) is 0 Å². The van der Waals surface area contributed by atoms with Crippen LogP contribution in [0.5, 0.6) is 0 Å². The van der Waals surface area contributed by atoms with Gasteiger partial charge in [0, 0.05) is 12.1 Å². The van der Waals surface area contributed by atoms with Gasteiger partial charge in [-0.25, -0.2) is 0 Å². The average Bonchev–Trinajstić information content (AvgIpc) is 2.53. The van der Waals surface area contributed by atoms with Gasteiger partial charge >= 0.3 is 0 Å². The predicted octanol–water partition coefficient (Wildman–Crippen LogP) is 2.61. The third-order valence-corrected chi connectivity index (χ3v) is 4.39. The van der Waals surface area contributed by atoms with Gasteiger partial charge in [0.1, 0.15) is 0 Å². The van der Waals surface area contributed by atoms with Crippen LogP contribution in [0.25, 0.3) is 0 Å². The Labute approximate surface area is 133 Å². The number of sulfonamides is 1. The summed E-state index contributed by atoms with van der Waals surface area (Å²) in [5.41, 5.74) is 1.90. The quantitative estimate of drug-likeness (QED) is 0.516. The van der Waals surface area contributed by atoms with Crippen LogP contribution in [0.3, 0.4) is 0 Å². The monoisotopic (exact) mass is 333 g/mol. The van der Waals surface area contributed by atoms with Crippen LogP contribution in [0.4, 0.5) is 5.69 Å². The lowest BCUT2D eigenvalue weighted by molar-refractivity contribution is -0.384. The van der Waals surface area contributed by atoms with E-state index in [0.717, 1.165) is 5.56 Å². The molecule has 2 aromatic rings. The number of hydrogen-bond acceptors (Lipinski definition) is 5. The third kappa shape index (κ3) is 4.13. The molecular formula is C15H15N3O4S. The third-order valence-electron chi connectivity index (χ3n) is 3.16. The number of nitro benzene ring substituents is 1. The lowest BCUT2D eigenvalue weighted by Crippen LogP contribution is -2.19. The van der Waals surface area contributed by atoms with Crippen molar-refractivity contribution in [2.24, 2.45) is 5.10 Å². The molecule has 0 atom stereocenters. The first kappa shape index (κ1) is 16.6. The van der Waals surface area contributed by atoms with Gasteiger partial charge in [-0.2, -0.15) is 18.4 Å². The first-order valence-electron chi connectivity index (χ1n) is 6.67. The van der Waals surface area contributed by atoms with Gasteiger partial charge in [0.05, 0.1) is 15.5 Å². The summed E-state index contributed by atoms with van der Waals surface area (Å²) in [6, 6.07) is 12.1. The molecule has 120 valence electrons. The zero-order valence-electron chi connectivity index (χ0n) is 12.6. The molecular weight excluding hydrogens is 318 g/mol. The number of benzene rings is 2. The summed E-state index contributed by atoms with van der Waals surface area (Å²) >= 11 is 0. The van der Waals surface area contributed by atoms with Crippen molar-refractivity contribution in [1.82, 2.24) is 4.83 Å². The summed E-state index contributed by atoms with van der Waals surface area (Å²) in [5.74, 6) is 0. The van der Waals surface area contributed by atoms with Crippen molar-refractivity contribution in [3.63, 3.8) is 0 Å². The van der Waals surface area contributed by atoms with Gasteiger partial charge in [-0.1, -0.05) is 17.7 Å². The highest BCUT2D eigenvalue weighted by Crippen LogP contribution is 2.13. The number of nitro groups is 1. The Morgan fingerprint density at radius 1 is 1.09 bits per heavy atom. The number of nitrogens with zero attached hydrogens (tertiary/aromatic N) is 2. The Balaban J connectivity index is 2.18. The second-order valence-electron chi connectivity index (χ2n) is 4.91. The van der Waals surface area contributed by atoms with E-state index in [1.807, 2.05) is 6.92 Å². The molecule has 0 saturated heterocycles. The van der Waals surface area contributed by atoms with Crippen molar-refractivity contribution in [3.05, 3.63) is 69.8 Å². The van der Waals surface area contributed by atoms with E-state index in [4.69, 9.17) is 0 Å². The van der Waals surface area contributed by atoms with Crippen LogP contribution in [0.15, 0.2) is 58.5 Å². The zero-order valence-corrected chi connectivity index (χ0v) is 13.4. The van der Waals surface area contributed by atoms with Gasteiger partial charge in [0.25, 0.3) is 15.7 Å². The van der Waals surface area contributed by atoms with Crippen LogP contribution in [0.2, 0.25) is 0 Å². The van der Waals surface area contributed by atoms with Crippen molar-refractivity contribution in [2.75, 3.05) is 0 Å². The fourth-order valence-electron chi connectivity index (χ4n) is 1.79. The van der Waals surface area contributed by atoms with Crippen molar-refractivity contribution < 1.29 is 13.3 Å². The summed E-state index contributed by atoms with van der Waals surface area (Å²) in [7, 11) is -3.75. The van der Waals surface area contributed by atoms with E-state index in [-0.39, 0.29) is 10.6 Å². The Morgan fingerprint density at radius 2 is 1.65 bits per heavy atom. The summed E-state index contributed by atoms with van der Waals surface area (Å²) in [5, 5.41) is 14.5. The number of hydrazone groups is 1. The summed E-state index contributed by atoms with van der Waals surface area (Å²) in [6.07, 6.45) is 0. The molecule has 0 aliphatic rings. The van der Waals surface area contributed by atoms with E-state index in [1.165, 1.54) is 36.4 Å². The second kappa shape index (κ2) is 6.57. The van der Waals surface area contributed by atoms with Crippen LogP contribution >= 0.6 is 0 Å². The van der Waals surface area contributed by atoms with E-state index in [2.05, 4.69) is 9.93 Å². The normalized spacial score (nSPS) is 12.0.